The topological polar surface area (TPSA) is 32.5 Å². The van der Waals surface area contributed by atoms with Crippen LogP contribution in [0.5, 0.6) is 0 Å². The number of nitrogens with zero attached hydrogens (tertiary/aromatic N) is 2. The largest absolute Gasteiger partial charge is 0.326 e. The van der Waals surface area contributed by atoms with Crippen LogP contribution >= 0.6 is 0 Å². The number of benzene rings is 1. The molecule has 0 saturated carbocycles. The van der Waals surface area contributed by atoms with Crippen LogP contribution in [0.25, 0.3) is 0 Å². The summed E-state index contributed by atoms with van der Waals surface area (Å²) in [5.74, 6) is 0.532. The Morgan fingerprint density at radius 1 is 1.21 bits per heavy atom. The molecule has 19 heavy (non-hydrogen) atoms. The summed E-state index contributed by atoms with van der Waals surface area (Å²) in [6.07, 6.45) is 0. The van der Waals surface area contributed by atoms with Crippen molar-refractivity contribution in [2.45, 2.75) is 32.5 Å². The Morgan fingerprint density at radius 2 is 1.89 bits per heavy atom. The third-order valence-electron chi connectivity index (χ3n) is 4.24. The van der Waals surface area contributed by atoms with Crippen LogP contribution in [0, 0.1) is 5.92 Å². The molecular formula is C16H27N3. The van der Waals surface area contributed by atoms with Gasteiger partial charge in [-0.25, -0.2) is 0 Å². The van der Waals surface area contributed by atoms with Gasteiger partial charge in [0, 0.05) is 38.3 Å². The van der Waals surface area contributed by atoms with Crippen LogP contribution in [-0.2, 0) is 6.54 Å². The average Bonchev–Trinajstić information content (AvgIpc) is 2.41. The fourth-order valence-corrected chi connectivity index (χ4v) is 2.81. The molecule has 1 aliphatic heterocycles. The van der Waals surface area contributed by atoms with E-state index in [0.717, 1.165) is 26.2 Å². The van der Waals surface area contributed by atoms with Crippen LogP contribution in [0.1, 0.15) is 19.4 Å². The van der Waals surface area contributed by atoms with E-state index in [1.807, 2.05) is 0 Å². The lowest BCUT2D eigenvalue weighted by atomic mass is 9.94. The van der Waals surface area contributed by atoms with Crippen molar-refractivity contribution in [3.63, 3.8) is 0 Å². The second-order valence-corrected chi connectivity index (χ2v) is 6.09. The zero-order valence-electron chi connectivity index (χ0n) is 12.4. The SMILES string of the molecule is CC(C)[C@H](N)C1CN(Cc2ccccc2)CCN1C. The van der Waals surface area contributed by atoms with E-state index in [2.05, 4.69) is 61.0 Å². The minimum absolute atomic E-state index is 0.253. The van der Waals surface area contributed by atoms with E-state index >= 15 is 0 Å². The van der Waals surface area contributed by atoms with Gasteiger partial charge in [-0.2, -0.15) is 0 Å². The van der Waals surface area contributed by atoms with Crippen LogP contribution in [0.3, 0.4) is 0 Å². The van der Waals surface area contributed by atoms with Gasteiger partial charge < -0.3 is 5.73 Å². The molecule has 0 aromatic heterocycles. The Labute approximate surface area is 117 Å². The first-order valence-corrected chi connectivity index (χ1v) is 7.30. The number of piperazine rings is 1. The van der Waals surface area contributed by atoms with Crippen molar-refractivity contribution < 1.29 is 0 Å². The third kappa shape index (κ3) is 3.78. The Kier molecular flexibility index (Phi) is 4.97. The Morgan fingerprint density at radius 3 is 2.53 bits per heavy atom. The van der Waals surface area contributed by atoms with E-state index in [-0.39, 0.29) is 6.04 Å². The summed E-state index contributed by atoms with van der Waals surface area (Å²) in [7, 11) is 2.20. The van der Waals surface area contributed by atoms with Crippen LogP contribution < -0.4 is 5.73 Å². The lowest BCUT2D eigenvalue weighted by Crippen LogP contribution is -2.59. The van der Waals surface area contributed by atoms with Gasteiger partial charge >= 0.3 is 0 Å². The first-order valence-electron chi connectivity index (χ1n) is 7.30. The summed E-state index contributed by atoms with van der Waals surface area (Å²) in [6.45, 7) is 8.79. The van der Waals surface area contributed by atoms with E-state index in [0.29, 0.717) is 12.0 Å². The number of rotatable bonds is 4. The van der Waals surface area contributed by atoms with E-state index in [4.69, 9.17) is 5.73 Å². The van der Waals surface area contributed by atoms with E-state index in [1.54, 1.807) is 0 Å². The fourth-order valence-electron chi connectivity index (χ4n) is 2.81. The molecule has 1 unspecified atom stereocenters. The summed E-state index contributed by atoms with van der Waals surface area (Å²) >= 11 is 0. The molecule has 0 amide bonds. The van der Waals surface area contributed by atoms with Gasteiger partial charge in [0.1, 0.15) is 0 Å². The predicted octanol–water partition coefficient (Wildman–Crippen LogP) is 1.79. The summed E-state index contributed by atoms with van der Waals surface area (Å²) < 4.78 is 0. The maximum absolute atomic E-state index is 6.37. The average molecular weight is 261 g/mol. The highest BCUT2D eigenvalue weighted by atomic mass is 15.3. The molecule has 3 nitrogen and oxygen atoms in total. The van der Waals surface area contributed by atoms with Crippen molar-refractivity contribution in [2.24, 2.45) is 11.7 Å². The van der Waals surface area contributed by atoms with Crippen molar-refractivity contribution in [2.75, 3.05) is 26.7 Å². The molecular weight excluding hydrogens is 234 g/mol. The first kappa shape index (κ1) is 14.5. The van der Waals surface area contributed by atoms with Crippen molar-refractivity contribution in [1.29, 1.82) is 0 Å². The molecule has 3 heteroatoms. The van der Waals surface area contributed by atoms with Crippen molar-refractivity contribution in [3.8, 4) is 0 Å². The molecule has 1 aliphatic rings. The number of likely N-dealkylation sites (N-methyl/N-ethyl adjacent to an activating group) is 1. The highest BCUT2D eigenvalue weighted by Gasteiger charge is 2.30. The lowest BCUT2D eigenvalue weighted by molar-refractivity contribution is 0.0667. The van der Waals surface area contributed by atoms with Crippen LogP contribution in [0.15, 0.2) is 30.3 Å². The van der Waals surface area contributed by atoms with Crippen LogP contribution in [0.2, 0.25) is 0 Å². The first-order chi connectivity index (χ1) is 9.08. The monoisotopic (exact) mass is 261 g/mol. The van der Waals surface area contributed by atoms with Gasteiger partial charge in [0.05, 0.1) is 0 Å². The maximum atomic E-state index is 6.37. The number of hydrogen-bond acceptors (Lipinski definition) is 3. The molecule has 0 aliphatic carbocycles. The van der Waals surface area contributed by atoms with Gasteiger partial charge in [0.2, 0.25) is 0 Å². The molecule has 1 fully saturated rings. The molecule has 0 bridgehead atoms. The highest BCUT2D eigenvalue weighted by Crippen LogP contribution is 2.17. The minimum Gasteiger partial charge on any atom is -0.326 e. The van der Waals surface area contributed by atoms with E-state index in [9.17, 15) is 0 Å². The maximum Gasteiger partial charge on any atom is 0.0374 e. The molecule has 1 heterocycles. The summed E-state index contributed by atoms with van der Waals surface area (Å²) in [4.78, 5) is 4.95. The molecule has 2 atom stereocenters. The smallest absolute Gasteiger partial charge is 0.0374 e. The van der Waals surface area contributed by atoms with E-state index < -0.39 is 0 Å². The third-order valence-corrected chi connectivity index (χ3v) is 4.24. The molecule has 1 saturated heterocycles. The molecule has 1 aromatic rings. The van der Waals surface area contributed by atoms with Gasteiger partial charge in [-0.05, 0) is 18.5 Å². The molecule has 106 valence electrons. The highest BCUT2D eigenvalue weighted by molar-refractivity contribution is 5.14. The van der Waals surface area contributed by atoms with Gasteiger partial charge in [0.25, 0.3) is 0 Å². The van der Waals surface area contributed by atoms with Crippen molar-refractivity contribution in [1.82, 2.24) is 9.80 Å². The lowest BCUT2D eigenvalue weighted by Gasteiger charge is -2.43. The zero-order valence-corrected chi connectivity index (χ0v) is 12.4. The fraction of sp³-hybridized carbons (Fsp3) is 0.625. The minimum atomic E-state index is 0.253. The molecule has 1 aromatic carbocycles. The molecule has 2 rings (SSSR count). The van der Waals surface area contributed by atoms with E-state index in [1.165, 1.54) is 5.56 Å². The Bertz CT molecular complexity index is 377. The quantitative estimate of drug-likeness (QED) is 0.897. The zero-order chi connectivity index (χ0) is 13.8. The van der Waals surface area contributed by atoms with Crippen LogP contribution in [0.4, 0.5) is 0 Å². The number of hydrogen-bond donors (Lipinski definition) is 1. The van der Waals surface area contributed by atoms with Gasteiger partial charge in [-0.1, -0.05) is 44.2 Å². The second kappa shape index (κ2) is 6.51. The number of nitrogens with two attached hydrogens (primary N) is 1. The van der Waals surface area contributed by atoms with Crippen molar-refractivity contribution in [3.05, 3.63) is 35.9 Å². The van der Waals surface area contributed by atoms with Crippen molar-refractivity contribution >= 4 is 0 Å². The van der Waals surface area contributed by atoms with Gasteiger partial charge in [0.15, 0.2) is 0 Å². The van der Waals surface area contributed by atoms with Gasteiger partial charge in [-0.15, -0.1) is 0 Å². The Balaban J connectivity index is 1.97. The molecule has 2 N–H and O–H groups in total. The molecule has 0 radical (unpaired) electrons. The summed E-state index contributed by atoms with van der Waals surface area (Å²) in [6, 6.07) is 11.4. The summed E-state index contributed by atoms with van der Waals surface area (Å²) in [5, 5.41) is 0. The standard InChI is InChI=1S/C16H27N3/c1-13(2)16(17)15-12-19(10-9-18(15)3)11-14-7-5-4-6-8-14/h4-8,13,15-16H,9-12,17H2,1-3H3/t15?,16-/m0/s1. The predicted molar refractivity (Wildman–Crippen MR) is 81.0 cm³/mol. The van der Waals surface area contributed by atoms with Crippen LogP contribution in [-0.4, -0.2) is 48.6 Å². The van der Waals surface area contributed by atoms with Gasteiger partial charge in [-0.3, -0.25) is 9.80 Å². The Hall–Kier alpha value is -0.900. The normalized spacial score (nSPS) is 23.7. The second-order valence-electron chi connectivity index (χ2n) is 6.09. The molecule has 0 spiro atoms. The summed E-state index contributed by atoms with van der Waals surface area (Å²) in [5.41, 5.74) is 7.76.